The van der Waals surface area contributed by atoms with Crippen molar-refractivity contribution in [1.82, 2.24) is 4.98 Å². The number of pyridine rings is 1. The summed E-state index contributed by atoms with van der Waals surface area (Å²) >= 11 is 0. The number of ether oxygens (including phenoxy) is 1. The molecular formula is C20H14NO. The number of rotatable bonds is 3. The minimum atomic E-state index is 0.468. The number of para-hydroxylation sites is 1. The Kier molecular flexibility index (Phi) is 3.20. The minimum absolute atomic E-state index is 0.468. The molecule has 0 amide bonds. The summed E-state index contributed by atoms with van der Waals surface area (Å²) in [6, 6.07) is 27.3. The molecule has 0 atom stereocenters. The van der Waals surface area contributed by atoms with Gasteiger partial charge in [-0.1, -0.05) is 42.5 Å². The van der Waals surface area contributed by atoms with E-state index in [0.29, 0.717) is 6.61 Å². The molecule has 4 rings (SSSR count). The Balaban J connectivity index is 1.57. The van der Waals surface area contributed by atoms with Crippen LogP contribution in [0.2, 0.25) is 0 Å². The summed E-state index contributed by atoms with van der Waals surface area (Å²) in [6.07, 6.45) is 0. The first-order chi connectivity index (χ1) is 10.9. The van der Waals surface area contributed by atoms with Gasteiger partial charge in [0.1, 0.15) is 12.4 Å². The van der Waals surface area contributed by atoms with E-state index < -0.39 is 0 Å². The maximum Gasteiger partial charge on any atom is 0.130 e. The molecule has 0 unspecified atom stereocenters. The number of hydrogen-bond donors (Lipinski definition) is 0. The van der Waals surface area contributed by atoms with Gasteiger partial charge in [0.2, 0.25) is 0 Å². The number of nitrogens with zero attached hydrogens (tertiary/aromatic N) is 1. The average Bonchev–Trinajstić information content (AvgIpc) is 2.59. The highest BCUT2D eigenvalue weighted by Crippen LogP contribution is 2.21. The van der Waals surface area contributed by atoms with Crippen molar-refractivity contribution >= 4 is 21.7 Å². The van der Waals surface area contributed by atoms with Gasteiger partial charge in [-0.25, -0.2) is 4.98 Å². The molecule has 0 saturated carbocycles. The molecule has 0 aliphatic heterocycles. The molecule has 0 saturated heterocycles. The largest absolute Gasteiger partial charge is 0.487 e. The Labute approximate surface area is 129 Å². The smallest absolute Gasteiger partial charge is 0.130 e. The molecule has 0 aliphatic rings. The summed E-state index contributed by atoms with van der Waals surface area (Å²) < 4.78 is 5.88. The van der Waals surface area contributed by atoms with Crippen molar-refractivity contribution in [3.05, 3.63) is 84.6 Å². The van der Waals surface area contributed by atoms with Gasteiger partial charge in [-0.3, -0.25) is 0 Å². The molecule has 2 nitrogen and oxygen atoms in total. The number of hydrogen-bond acceptors (Lipinski definition) is 2. The van der Waals surface area contributed by atoms with Crippen molar-refractivity contribution < 1.29 is 4.74 Å². The fourth-order valence-corrected chi connectivity index (χ4v) is 2.54. The van der Waals surface area contributed by atoms with E-state index in [1.54, 1.807) is 0 Å². The predicted molar refractivity (Wildman–Crippen MR) is 88.9 cm³/mol. The molecule has 0 spiro atoms. The highest BCUT2D eigenvalue weighted by atomic mass is 16.5. The zero-order chi connectivity index (χ0) is 14.8. The van der Waals surface area contributed by atoms with Crippen LogP contribution in [-0.2, 0) is 6.61 Å². The van der Waals surface area contributed by atoms with E-state index >= 15 is 0 Å². The highest BCUT2D eigenvalue weighted by molar-refractivity contribution is 5.83. The van der Waals surface area contributed by atoms with Gasteiger partial charge in [-0.05, 0) is 47.2 Å². The molecule has 1 aromatic heterocycles. The molecule has 2 heteroatoms. The van der Waals surface area contributed by atoms with Crippen LogP contribution in [-0.4, -0.2) is 4.98 Å². The summed E-state index contributed by atoms with van der Waals surface area (Å²) in [5, 5.41) is 3.47. The molecule has 0 bridgehead atoms. The monoisotopic (exact) mass is 284 g/mol. The summed E-state index contributed by atoms with van der Waals surface area (Å²) in [7, 11) is 0. The highest BCUT2D eigenvalue weighted by Gasteiger charge is 2.01. The molecule has 1 heterocycles. The lowest BCUT2D eigenvalue weighted by atomic mass is 10.1. The number of fused-ring (bicyclic) bond motifs is 2. The Morgan fingerprint density at radius 3 is 2.77 bits per heavy atom. The van der Waals surface area contributed by atoms with Gasteiger partial charge in [-0.15, -0.1) is 0 Å². The van der Waals surface area contributed by atoms with Gasteiger partial charge < -0.3 is 4.74 Å². The Bertz CT molecular complexity index is 867. The number of aromatic nitrogens is 1. The quantitative estimate of drug-likeness (QED) is 0.541. The van der Waals surface area contributed by atoms with E-state index in [0.717, 1.165) is 27.7 Å². The topological polar surface area (TPSA) is 22.1 Å². The van der Waals surface area contributed by atoms with E-state index in [1.807, 2.05) is 54.6 Å². The van der Waals surface area contributed by atoms with Gasteiger partial charge in [0.25, 0.3) is 0 Å². The number of benzene rings is 3. The molecule has 0 aliphatic carbocycles. The van der Waals surface area contributed by atoms with Crippen LogP contribution in [0.5, 0.6) is 5.75 Å². The first-order valence-electron chi connectivity index (χ1n) is 7.26. The standard InChI is InChI=1S/C20H14NO/c1-2-7-17-13-19(12-10-15(17)5-1)22-14-18-11-9-16-6-3-4-8-20(16)21-18/h2-13H,14H2. The lowest BCUT2D eigenvalue weighted by Crippen LogP contribution is -1.98. The van der Waals surface area contributed by atoms with Gasteiger partial charge in [0.05, 0.1) is 11.2 Å². The summed E-state index contributed by atoms with van der Waals surface area (Å²) in [4.78, 5) is 4.62. The summed E-state index contributed by atoms with van der Waals surface area (Å²) in [5.74, 6) is 0.855. The van der Waals surface area contributed by atoms with Gasteiger partial charge in [0.15, 0.2) is 0 Å². The molecule has 1 radical (unpaired) electrons. The first kappa shape index (κ1) is 12.8. The first-order valence-corrected chi connectivity index (χ1v) is 7.26. The third kappa shape index (κ3) is 2.51. The van der Waals surface area contributed by atoms with Crippen LogP contribution in [0.25, 0.3) is 21.7 Å². The average molecular weight is 284 g/mol. The molecular weight excluding hydrogens is 270 g/mol. The zero-order valence-electron chi connectivity index (χ0n) is 12.0. The molecule has 0 N–H and O–H groups in total. The van der Waals surface area contributed by atoms with Crippen LogP contribution in [0, 0.1) is 6.07 Å². The van der Waals surface area contributed by atoms with Crippen LogP contribution in [0.3, 0.4) is 0 Å². The predicted octanol–water partition coefficient (Wildman–Crippen LogP) is 4.77. The third-order valence-corrected chi connectivity index (χ3v) is 3.70. The van der Waals surface area contributed by atoms with E-state index in [2.05, 4.69) is 29.2 Å². The summed E-state index contributed by atoms with van der Waals surface area (Å²) in [5.41, 5.74) is 1.93. The van der Waals surface area contributed by atoms with Crippen LogP contribution >= 0.6 is 0 Å². The second kappa shape index (κ2) is 5.49. The van der Waals surface area contributed by atoms with E-state index in [9.17, 15) is 0 Å². The van der Waals surface area contributed by atoms with Gasteiger partial charge in [-0.2, -0.15) is 0 Å². The molecule has 22 heavy (non-hydrogen) atoms. The van der Waals surface area contributed by atoms with Crippen LogP contribution < -0.4 is 4.74 Å². The van der Waals surface area contributed by atoms with Crippen molar-refractivity contribution in [1.29, 1.82) is 0 Å². The van der Waals surface area contributed by atoms with Crippen molar-refractivity contribution in [2.24, 2.45) is 0 Å². The maximum atomic E-state index is 5.88. The van der Waals surface area contributed by atoms with Crippen molar-refractivity contribution in [3.8, 4) is 5.75 Å². The Morgan fingerprint density at radius 1 is 0.864 bits per heavy atom. The fraction of sp³-hybridized carbons (Fsp3) is 0.0500. The Hall–Kier alpha value is -2.87. The van der Waals surface area contributed by atoms with E-state index in [-0.39, 0.29) is 0 Å². The van der Waals surface area contributed by atoms with E-state index in [4.69, 9.17) is 4.74 Å². The van der Waals surface area contributed by atoms with Crippen LogP contribution in [0.1, 0.15) is 5.69 Å². The summed E-state index contributed by atoms with van der Waals surface area (Å²) in [6.45, 7) is 0.468. The normalized spacial score (nSPS) is 10.9. The SMILES string of the molecule is [c]1ccc2cc(OCc3ccc4ccccc4n3)ccc2c1. The fourth-order valence-electron chi connectivity index (χ4n) is 2.54. The van der Waals surface area contributed by atoms with Crippen molar-refractivity contribution in [3.63, 3.8) is 0 Å². The molecule has 105 valence electrons. The van der Waals surface area contributed by atoms with Crippen LogP contribution in [0.4, 0.5) is 0 Å². The van der Waals surface area contributed by atoms with Crippen LogP contribution in [0.15, 0.2) is 72.8 Å². The van der Waals surface area contributed by atoms with Gasteiger partial charge in [0, 0.05) is 5.39 Å². The zero-order valence-corrected chi connectivity index (χ0v) is 12.0. The molecule has 3 aromatic carbocycles. The second-order valence-corrected chi connectivity index (χ2v) is 5.22. The lowest BCUT2D eigenvalue weighted by molar-refractivity contribution is 0.302. The third-order valence-electron chi connectivity index (χ3n) is 3.70. The minimum Gasteiger partial charge on any atom is -0.487 e. The second-order valence-electron chi connectivity index (χ2n) is 5.22. The van der Waals surface area contributed by atoms with Gasteiger partial charge >= 0.3 is 0 Å². The maximum absolute atomic E-state index is 5.88. The molecule has 0 fully saturated rings. The Morgan fingerprint density at radius 2 is 1.77 bits per heavy atom. The molecule has 4 aromatic rings. The van der Waals surface area contributed by atoms with E-state index in [1.165, 1.54) is 5.39 Å². The van der Waals surface area contributed by atoms with Crippen molar-refractivity contribution in [2.45, 2.75) is 6.61 Å². The van der Waals surface area contributed by atoms with Crippen molar-refractivity contribution in [2.75, 3.05) is 0 Å². The lowest BCUT2D eigenvalue weighted by Gasteiger charge is -2.07.